The first-order valence-electron chi connectivity index (χ1n) is 9.36. The van der Waals surface area contributed by atoms with Crippen molar-refractivity contribution in [2.45, 2.75) is 24.3 Å². The number of nitrogens with zero attached hydrogens (tertiary/aromatic N) is 2. The van der Waals surface area contributed by atoms with Crippen LogP contribution in [0, 0.1) is 11.6 Å². The summed E-state index contributed by atoms with van der Waals surface area (Å²) >= 11 is 2.78. The molecule has 4 aromatic rings. The number of thiazole rings is 1. The van der Waals surface area contributed by atoms with Gasteiger partial charge in [0.25, 0.3) is 0 Å². The lowest BCUT2D eigenvalue weighted by molar-refractivity contribution is -0.118. The molecule has 0 saturated carbocycles. The van der Waals surface area contributed by atoms with Gasteiger partial charge >= 0.3 is 0 Å². The lowest BCUT2D eigenvalue weighted by Gasteiger charge is -2.18. The number of rotatable bonds is 8. The Morgan fingerprint density at radius 3 is 2.73 bits per heavy atom. The van der Waals surface area contributed by atoms with Crippen molar-refractivity contribution in [2.24, 2.45) is 0 Å². The molecular formula is C22H18F2N2O2S2. The number of thioether (sulfide) groups is 1. The third kappa shape index (κ3) is 4.88. The molecule has 2 aromatic carbocycles. The molecule has 0 radical (unpaired) electrons. The van der Waals surface area contributed by atoms with Crippen molar-refractivity contribution in [1.82, 2.24) is 4.98 Å². The lowest BCUT2D eigenvalue weighted by Crippen LogP contribution is -2.30. The van der Waals surface area contributed by atoms with E-state index in [9.17, 15) is 13.6 Å². The van der Waals surface area contributed by atoms with Gasteiger partial charge in [-0.05, 0) is 42.5 Å². The molecule has 8 heteroatoms. The van der Waals surface area contributed by atoms with Gasteiger partial charge in [-0.15, -0.1) is 11.8 Å². The summed E-state index contributed by atoms with van der Waals surface area (Å²) in [5, 5.41) is 0.326. The van der Waals surface area contributed by atoms with E-state index in [4.69, 9.17) is 4.42 Å². The summed E-state index contributed by atoms with van der Waals surface area (Å²) in [5.41, 5.74) is 0.0632. The number of carbonyl (C=O) groups is 1. The molecule has 4 nitrogen and oxygen atoms in total. The summed E-state index contributed by atoms with van der Waals surface area (Å²) in [6, 6.07) is 15.5. The minimum absolute atomic E-state index is 0.0632. The number of hydrogen-bond donors (Lipinski definition) is 0. The van der Waals surface area contributed by atoms with Gasteiger partial charge < -0.3 is 4.42 Å². The fraction of sp³-hybridized carbons (Fsp3) is 0.182. The molecule has 0 N–H and O–H groups in total. The van der Waals surface area contributed by atoms with E-state index in [-0.39, 0.29) is 18.0 Å². The van der Waals surface area contributed by atoms with Crippen LogP contribution in [0.4, 0.5) is 13.9 Å². The first kappa shape index (κ1) is 20.6. The SMILES string of the molecule is O=C(CCCSc1ccccc1)N(Cc1ccco1)c1nc2c(F)cc(F)cc2s1. The highest BCUT2D eigenvalue weighted by molar-refractivity contribution is 7.99. The molecule has 1 amide bonds. The summed E-state index contributed by atoms with van der Waals surface area (Å²) in [7, 11) is 0. The Morgan fingerprint density at radius 1 is 1.13 bits per heavy atom. The van der Waals surface area contributed by atoms with Crippen LogP contribution in [0.25, 0.3) is 10.2 Å². The van der Waals surface area contributed by atoms with Crippen LogP contribution in [0.3, 0.4) is 0 Å². The van der Waals surface area contributed by atoms with Crippen molar-refractivity contribution >= 4 is 44.4 Å². The predicted octanol–water partition coefficient (Wildman–Crippen LogP) is 6.27. The average molecular weight is 445 g/mol. The second-order valence-electron chi connectivity index (χ2n) is 6.56. The minimum atomic E-state index is -0.739. The standard InChI is InChI=1S/C22H18F2N2O2S2/c23-15-12-18(24)21-19(13-15)30-22(25-21)26(14-16-6-4-10-28-16)20(27)9-5-11-29-17-7-2-1-3-8-17/h1-4,6-8,10,12-13H,5,9,11,14H2. The van der Waals surface area contributed by atoms with E-state index in [1.54, 1.807) is 23.9 Å². The van der Waals surface area contributed by atoms with Gasteiger partial charge in [-0.1, -0.05) is 29.5 Å². The van der Waals surface area contributed by atoms with Gasteiger partial charge in [0.2, 0.25) is 5.91 Å². The molecule has 30 heavy (non-hydrogen) atoms. The molecule has 2 heterocycles. The Hall–Kier alpha value is -2.71. The van der Waals surface area contributed by atoms with E-state index in [0.717, 1.165) is 28.1 Å². The summed E-state index contributed by atoms with van der Waals surface area (Å²) in [6.07, 6.45) is 2.52. The number of anilines is 1. The molecule has 2 aromatic heterocycles. The van der Waals surface area contributed by atoms with Crippen LogP contribution in [0.15, 0.2) is 70.2 Å². The van der Waals surface area contributed by atoms with E-state index >= 15 is 0 Å². The molecule has 0 fully saturated rings. The Bertz CT molecular complexity index is 1130. The first-order valence-corrected chi connectivity index (χ1v) is 11.2. The zero-order valence-electron chi connectivity index (χ0n) is 15.9. The first-order chi connectivity index (χ1) is 14.6. The molecule has 0 aliphatic carbocycles. The van der Waals surface area contributed by atoms with Gasteiger partial charge in [0.05, 0.1) is 17.5 Å². The second-order valence-corrected chi connectivity index (χ2v) is 8.73. The number of amides is 1. The summed E-state index contributed by atoms with van der Waals surface area (Å²) in [5.74, 6) is -0.161. The quantitative estimate of drug-likeness (QED) is 0.237. The van der Waals surface area contributed by atoms with Crippen LogP contribution < -0.4 is 4.90 Å². The number of fused-ring (bicyclic) bond motifs is 1. The zero-order valence-corrected chi connectivity index (χ0v) is 17.5. The number of furan rings is 1. The Kier molecular flexibility index (Phi) is 6.44. The fourth-order valence-electron chi connectivity index (χ4n) is 2.95. The number of carbonyl (C=O) groups excluding carboxylic acids is 1. The maximum absolute atomic E-state index is 14.1. The Labute approximate surface area is 180 Å². The fourth-order valence-corrected chi connectivity index (χ4v) is 4.84. The number of halogens is 2. The summed E-state index contributed by atoms with van der Waals surface area (Å²) < 4.78 is 33.4. The van der Waals surface area contributed by atoms with Crippen molar-refractivity contribution in [1.29, 1.82) is 0 Å². The summed E-state index contributed by atoms with van der Waals surface area (Å²) in [4.78, 5) is 19.9. The normalized spacial score (nSPS) is 11.1. The highest BCUT2D eigenvalue weighted by Crippen LogP contribution is 2.32. The zero-order chi connectivity index (χ0) is 20.9. The van der Waals surface area contributed by atoms with Crippen LogP contribution in [0.2, 0.25) is 0 Å². The predicted molar refractivity (Wildman–Crippen MR) is 116 cm³/mol. The molecule has 0 bridgehead atoms. The van der Waals surface area contributed by atoms with Crippen LogP contribution in [0.5, 0.6) is 0 Å². The average Bonchev–Trinajstić information content (AvgIpc) is 3.39. The van der Waals surface area contributed by atoms with Gasteiger partial charge in [0, 0.05) is 17.4 Å². The van der Waals surface area contributed by atoms with Gasteiger partial charge in [-0.3, -0.25) is 9.69 Å². The van der Waals surface area contributed by atoms with Crippen molar-refractivity contribution in [3.8, 4) is 0 Å². The molecule has 0 spiro atoms. The minimum Gasteiger partial charge on any atom is -0.467 e. The maximum atomic E-state index is 14.1. The molecule has 0 atom stereocenters. The second kappa shape index (κ2) is 9.40. The molecule has 154 valence electrons. The Morgan fingerprint density at radius 2 is 1.97 bits per heavy atom. The summed E-state index contributed by atoms with van der Waals surface area (Å²) in [6.45, 7) is 0.182. The number of aromatic nitrogens is 1. The van der Waals surface area contributed by atoms with E-state index in [0.29, 0.717) is 28.4 Å². The van der Waals surface area contributed by atoms with E-state index in [1.807, 2.05) is 30.3 Å². The van der Waals surface area contributed by atoms with Crippen LogP contribution in [0.1, 0.15) is 18.6 Å². The topological polar surface area (TPSA) is 46.3 Å². The van der Waals surface area contributed by atoms with Gasteiger partial charge in [0.1, 0.15) is 17.1 Å². The van der Waals surface area contributed by atoms with Gasteiger partial charge in [0.15, 0.2) is 10.9 Å². The number of benzene rings is 2. The van der Waals surface area contributed by atoms with Gasteiger partial charge in [-0.25, -0.2) is 13.8 Å². The van der Waals surface area contributed by atoms with E-state index in [2.05, 4.69) is 4.98 Å². The van der Waals surface area contributed by atoms with Crippen LogP contribution >= 0.6 is 23.1 Å². The van der Waals surface area contributed by atoms with Crippen molar-refractivity contribution < 1.29 is 18.0 Å². The molecule has 0 saturated heterocycles. The van der Waals surface area contributed by atoms with E-state index < -0.39 is 11.6 Å². The van der Waals surface area contributed by atoms with Crippen molar-refractivity contribution in [2.75, 3.05) is 10.7 Å². The third-order valence-corrected chi connectivity index (χ3v) is 6.50. The van der Waals surface area contributed by atoms with Crippen molar-refractivity contribution in [3.63, 3.8) is 0 Å². The Balaban J connectivity index is 1.49. The van der Waals surface area contributed by atoms with Crippen LogP contribution in [-0.4, -0.2) is 16.6 Å². The molecule has 4 rings (SSSR count). The smallest absolute Gasteiger partial charge is 0.229 e. The van der Waals surface area contributed by atoms with Gasteiger partial charge in [-0.2, -0.15) is 0 Å². The number of hydrogen-bond acceptors (Lipinski definition) is 5. The largest absolute Gasteiger partial charge is 0.467 e. The molecule has 0 aliphatic heterocycles. The van der Waals surface area contributed by atoms with Crippen molar-refractivity contribution in [3.05, 3.63) is 78.3 Å². The monoisotopic (exact) mass is 444 g/mol. The maximum Gasteiger partial charge on any atom is 0.229 e. The highest BCUT2D eigenvalue weighted by atomic mass is 32.2. The third-order valence-electron chi connectivity index (χ3n) is 4.37. The highest BCUT2D eigenvalue weighted by Gasteiger charge is 2.22. The molecular weight excluding hydrogens is 426 g/mol. The van der Waals surface area contributed by atoms with Crippen LogP contribution in [-0.2, 0) is 11.3 Å². The molecule has 0 unspecified atom stereocenters. The van der Waals surface area contributed by atoms with E-state index in [1.165, 1.54) is 17.2 Å². The molecule has 0 aliphatic rings. The lowest BCUT2D eigenvalue weighted by atomic mass is 10.3.